The molecule has 0 radical (unpaired) electrons. The smallest absolute Gasteiger partial charge is 0.306 e. The fourth-order valence-corrected chi connectivity index (χ4v) is 5.97. The first-order valence-corrected chi connectivity index (χ1v) is 24.0. The highest BCUT2D eigenvalue weighted by Gasteiger charge is 2.28. The van der Waals surface area contributed by atoms with Gasteiger partial charge in [-0.25, -0.2) is 8.42 Å². The molecule has 62 heavy (non-hydrogen) atoms. The predicted molar refractivity (Wildman–Crippen MR) is 240 cm³/mol. The molecule has 0 aliphatic heterocycles. The molecule has 0 fully saturated rings. The summed E-state index contributed by atoms with van der Waals surface area (Å²) in [4.78, 5) is 56.3. The van der Waals surface area contributed by atoms with Crippen molar-refractivity contribution in [3.05, 3.63) is 52.9 Å². The number of ketones is 2. The maximum Gasteiger partial charge on any atom is 0.306 e. The first-order chi connectivity index (χ1) is 29.6. The Balaban J connectivity index is 0. The maximum absolute atomic E-state index is 12.2. The van der Waals surface area contributed by atoms with Crippen LogP contribution < -0.4 is 16.8 Å². The molecule has 1 aromatic rings. The quantitative estimate of drug-likeness (QED) is 0.0167. The highest BCUT2D eigenvalue weighted by Crippen LogP contribution is 2.23. The van der Waals surface area contributed by atoms with Crippen LogP contribution in [0.1, 0.15) is 168 Å². The second kappa shape index (κ2) is 39.7. The van der Waals surface area contributed by atoms with Crippen molar-refractivity contribution < 1.29 is 62.4 Å². The van der Waals surface area contributed by atoms with Gasteiger partial charge in [-0.2, -0.15) is 0 Å². The Bertz CT molecular complexity index is 1560. The van der Waals surface area contributed by atoms with Gasteiger partial charge in [0.05, 0.1) is 36.8 Å². The molecule has 0 saturated carbocycles. The summed E-state index contributed by atoms with van der Waals surface area (Å²) in [5.41, 5.74) is 10.1. The number of carboxylic acids is 1. The van der Waals surface area contributed by atoms with Crippen LogP contribution in [-0.2, 0) is 43.6 Å². The number of allylic oxidation sites excluding steroid dienone is 2. The summed E-state index contributed by atoms with van der Waals surface area (Å²) in [5.74, 6) is -2.44. The molecular weight excluding hydrogens is 819 g/mol. The minimum absolute atomic E-state index is 0.0814. The van der Waals surface area contributed by atoms with Crippen molar-refractivity contribution in [1.29, 1.82) is 0 Å². The van der Waals surface area contributed by atoms with Crippen LogP contribution in [0.2, 0.25) is 0 Å². The van der Waals surface area contributed by atoms with Gasteiger partial charge < -0.3 is 41.0 Å². The van der Waals surface area contributed by atoms with E-state index in [1.54, 1.807) is 12.1 Å². The summed E-state index contributed by atoms with van der Waals surface area (Å²) in [6.45, 7) is 10.9. The van der Waals surface area contributed by atoms with Crippen LogP contribution in [0.5, 0.6) is 0 Å². The van der Waals surface area contributed by atoms with Crippen molar-refractivity contribution in [1.82, 2.24) is 5.32 Å². The molecule has 1 aliphatic carbocycles. The molecule has 15 nitrogen and oxygen atoms in total. The number of unbranched alkanes of at least 4 members (excludes halogenated alkanes) is 12. The molecule has 0 heterocycles. The van der Waals surface area contributed by atoms with Crippen LogP contribution in [0.3, 0.4) is 0 Å². The Morgan fingerprint density at radius 2 is 1.21 bits per heavy atom. The summed E-state index contributed by atoms with van der Waals surface area (Å²) in [6, 6.07) is 5.78. The number of carboxylic acid groups (broad SMARTS) is 1. The molecule has 0 bridgehead atoms. The maximum atomic E-state index is 12.2. The number of carbonyl (C=O) groups is 5. The Hall–Kier alpha value is -4.12. The number of hydrogen-bond acceptors (Lipinski definition) is 13. The third-order valence-electron chi connectivity index (χ3n) is 9.27. The normalized spacial score (nSPS) is 12.1. The fourth-order valence-electron chi connectivity index (χ4n) is 5.50. The zero-order valence-corrected chi connectivity index (χ0v) is 39.0. The Labute approximate surface area is 371 Å². The molecule has 8 N–H and O–H groups in total. The van der Waals surface area contributed by atoms with Crippen molar-refractivity contribution >= 4 is 39.6 Å². The first kappa shape index (κ1) is 60.0. The minimum Gasteiger partial charge on any atom is -0.744 e. The number of nitrogens with two attached hydrogens (primary N) is 1. The molecule has 1 aliphatic rings. The number of aliphatic carboxylic acids is 1. The topological polar surface area (TPSA) is 267 Å². The van der Waals surface area contributed by atoms with E-state index in [1.807, 2.05) is 13.8 Å². The zero-order valence-electron chi connectivity index (χ0n) is 38.1. The highest BCUT2D eigenvalue weighted by atomic mass is 32.2. The Kier molecular flexibility index (Phi) is 38.4. The van der Waals surface area contributed by atoms with Crippen LogP contribution in [-0.4, -0.2) is 85.5 Å². The van der Waals surface area contributed by atoms with Crippen molar-refractivity contribution in [3.63, 3.8) is 0 Å². The monoisotopic (exact) mass is 898 g/mol. The number of quaternary nitrogens is 1. The van der Waals surface area contributed by atoms with E-state index in [1.165, 1.54) is 63.5 Å². The highest BCUT2D eigenvalue weighted by molar-refractivity contribution is 7.85. The van der Waals surface area contributed by atoms with E-state index >= 15 is 0 Å². The number of rotatable bonds is 30. The second-order valence-electron chi connectivity index (χ2n) is 15.1. The van der Waals surface area contributed by atoms with Gasteiger partial charge in [-0.3, -0.25) is 24.0 Å². The van der Waals surface area contributed by atoms with Gasteiger partial charge in [-0.05, 0) is 64.1 Å². The van der Waals surface area contributed by atoms with Crippen LogP contribution in [0, 0.1) is 6.92 Å². The molecule has 356 valence electrons. The van der Waals surface area contributed by atoms with Crippen molar-refractivity contribution in [2.24, 2.45) is 5.73 Å². The number of esters is 2. The average molecular weight is 898 g/mol. The third-order valence-corrected chi connectivity index (χ3v) is 10.1. The van der Waals surface area contributed by atoms with E-state index in [0.717, 1.165) is 69.6 Å². The van der Waals surface area contributed by atoms with Gasteiger partial charge >= 0.3 is 17.9 Å². The molecule has 0 spiro atoms. The van der Waals surface area contributed by atoms with Crippen LogP contribution >= 0.6 is 0 Å². The number of ether oxygens (including phenoxy) is 2. The number of nitrogens with one attached hydrogen (secondary N) is 1. The Morgan fingerprint density at radius 1 is 0.726 bits per heavy atom. The molecule has 16 heteroatoms. The molecule has 0 unspecified atom stereocenters. The average Bonchev–Trinajstić information content (AvgIpc) is 3.23. The van der Waals surface area contributed by atoms with Crippen molar-refractivity contribution in [2.45, 2.75) is 174 Å². The van der Waals surface area contributed by atoms with Crippen molar-refractivity contribution in [2.75, 3.05) is 32.8 Å². The lowest BCUT2D eigenvalue weighted by Gasteiger charge is -2.17. The zero-order chi connectivity index (χ0) is 47.0. The summed E-state index contributed by atoms with van der Waals surface area (Å²) in [5, 5.41) is 21.5. The van der Waals surface area contributed by atoms with Gasteiger partial charge in [0, 0.05) is 37.5 Å². The van der Waals surface area contributed by atoms with Crippen molar-refractivity contribution in [3.8, 4) is 0 Å². The first-order valence-electron chi connectivity index (χ1n) is 22.6. The van der Waals surface area contributed by atoms with Gasteiger partial charge in [0.2, 0.25) is 11.6 Å². The van der Waals surface area contributed by atoms with Gasteiger partial charge in [-0.1, -0.05) is 116 Å². The van der Waals surface area contributed by atoms with Crippen LogP contribution in [0.25, 0.3) is 0 Å². The molecule has 2 rings (SSSR count). The summed E-state index contributed by atoms with van der Waals surface area (Å²) in [6.07, 6.45) is 21.6. The van der Waals surface area contributed by atoms with E-state index in [4.69, 9.17) is 20.3 Å². The van der Waals surface area contributed by atoms with Gasteiger partial charge in [0.25, 0.3) is 0 Å². The summed E-state index contributed by atoms with van der Waals surface area (Å²) in [7, 11) is -4.27. The molecule has 0 atom stereocenters. The number of aryl methyl sites for hydroxylation is 1. The Morgan fingerprint density at radius 3 is 1.65 bits per heavy atom. The van der Waals surface area contributed by atoms with Crippen LogP contribution in [0.4, 0.5) is 0 Å². The van der Waals surface area contributed by atoms with E-state index in [0.29, 0.717) is 52.0 Å². The standard InChI is InChI=1S/C27H45NO5.C8H17NO2.C7H8O3S.C4H9NO2/c1-3-5-7-8-9-10-11-12-13-14-15-17-22-26(31)23(21-24(29)27(22)32)28-19-16-18-25(30)33-20-6-4-2;1-2-3-7-11-8(10)5-4-6-9;1-6-2-4-7(5-3-6)11(8,9)10;5-3-1-2-4(6)7/h21,28,31H,3-20H2,1-2H3;2-7,9H2,1H3;2-5H,1H3,(H,8,9,10);1-3,5H2,(H,6,7). The number of aliphatic hydroxyl groups excluding tert-OH is 1. The van der Waals surface area contributed by atoms with Gasteiger partial charge in [0.1, 0.15) is 15.9 Å². The summed E-state index contributed by atoms with van der Waals surface area (Å²) < 4.78 is 41.2. The number of hydrogen-bond donors (Lipinski definition) is 5. The van der Waals surface area contributed by atoms with E-state index in [9.17, 15) is 42.0 Å². The number of carbonyl (C=O) groups excluding carboxylic acids is 4. The fraction of sp³-hybridized carbons (Fsp3) is 0.674. The molecule has 0 aromatic heterocycles. The third kappa shape index (κ3) is 34.5. The summed E-state index contributed by atoms with van der Waals surface area (Å²) >= 11 is 0. The van der Waals surface area contributed by atoms with Gasteiger partial charge in [0.15, 0.2) is 0 Å². The van der Waals surface area contributed by atoms with Gasteiger partial charge in [-0.15, -0.1) is 0 Å². The van der Waals surface area contributed by atoms with E-state index in [2.05, 4.69) is 24.9 Å². The van der Waals surface area contributed by atoms with E-state index in [-0.39, 0.29) is 46.7 Å². The number of Topliss-reactive ketones (excluding diaryl/α,β-unsaturated/α-hetero) is 1. The second-order valence-corrected chi connectivity index (χ2v) is 16.4. The lowest BCUT2D eigenvalue weighted by molar-refractivity contribution is -0.368. The lowest BCUT2D eigenvalue weighted by Crippen LogP contribution is -2.50. The lowest BCUT2D eigenvalue weighted by atomic mass is 9.93. The largest absolute Gasteiger partial charge is 0.744 e. The molecular formula is C46H79N3O12S. The number of aliphatic hydroxyl groups is 1. The molecule has 0 saturated heterocycles. The number of benzene rings is 1. The molecule has 1 aromatic carbocycles. The predicted octanol–water partition coefficient (Wildman–Crippen LogP) is 7.31. The SMILES string of the molecule is CCCCCCCCCCCCCC1=C(O)C(NCCCC(=O)OCCCC)=CC(=O)C1=O.CCCCOC(=O)CCC[NH3+].Cc1ccc(S(=O)(=O)[O-])cc1.NCCCC(=O)O. The van der Waals surface area contributed by atoms with E-state index < -0.39 is 27.7 Å². The molecule has 0 amide bonds. The van der Waals surface area contributed by atoms with Crippen LogP contribution in [0.15, 0.2) is 52.3 Å². The minimum atomic E-state index is -4.27.